The van der Waals surface area contributed by atoms with Crippen molar-refractivity contribution in [2.75, 3.05) is 20.2 Å². The lowest BCUT2D eigenvalue weighted by atomic mass is 9.88. The Balaban J connectivity index is 1.98. The van der Waals surface area contributed by atoms with E-state index in [2.05, 4.69) is 11.4 Å². The first-order valence-electron chi connectivity index (χ1n) is 6.70. The summed E-state index contributed by atoms with van der Waals surface area (Å²) in [7, 11) is 1.65. The van der Waals surface area contributed by atoms with Crippen molar-refractivity contribution in [1.82, 2.24) is 5.32 Å². The number of carbonyl (C=O) groups is 1. The molecule has 104 valence electrons. The number of carboxylic acid groups (broad SMARTS) is 1. The van der Waals surface area contributed by atoms with Gasteiger partial charge in [0.1, 0.15) is 5.75 Å². The minimum absolute atomic E-state index is 0.0407. The first-order valence-corrected chi connectivity index (χ1v) is 6.70. The van der Waals surface area contributed by atoms with Crippen LogP contribution in [-0.4, -0.2) is 31.3 Å². The normalized spacial score (nSPS) is 22.1. The quantitative estimate of drug-likeness (QED) is 0.899. The van der Waals surface area contributed by atoms with Crippen molar-refractivity contribution in [2.45, 2.75) is 5.92 Å². The maximum atomic E-state index is 11.3. The lowest BCUT2D eigenvalue weighted by Gasteiger charge is -2.15. The highest BCUT2D eigenvalue weighted by atomic mass is 16.5. The molecule has 1 saturated heterocycles. The molecule has 1 aliphatic rings. The highest BCUT2D eigenvalue weighted by molar-refractivity contribution is 5.85. The average Bonchev–Trinajstić information content (AvgIpc) is 2.95. The Morgan fingerprint density at radius 3 is 2.70 bits per heavy atom. The number of carboxylic acids is 1. The molecule has 0 saturated carbocycles. The highest BCUT2D eigenvalue weighted by Crippen LogP contribution is 2.31. The maximum Gasteiger partial charge on any atom is 0.308 e. The third kappa shape index (κ3) is 2.23. The number of ether oxygens (including phenoxy) is 1. The molecule has 20 heavy (non-hydrogen) atoms. The molecule has 0 aliphatic carbocycles. The molecule has 2 atom stereocenters. The molecule has 1 heterocycles. The lowest BCUT2D eigenvalue weighted by Crippen LogP contribution is -2.20. The smallest absolute Gasteiger partial charge is 0.308 e. The Hall–Kier alpha value is -2.07. The first-order chi connectivity index (χ1) is 9.69. The topological polar surface area (TPSA) is 58.6 Å². The number of fused-ring (bicyclic) bond motifs is 1. The fourth-order valence-corrected chi connectivity index (χ4v) is 2.89. The zero-order valence-corrected chi connectivity index (χ0v) is 11.3. The number of hydrogen-bond acceptors (Lipinski definition) is 3. The molecule has 0 aromatic heterocycles. The number of rotatable bonds is 3. The number of aliphatic carboxylic acids is 1. The average molecular weight is 271 g/mol. The van der Waals surface area contributed by atoms with Crippen LogP contribution in [0.4, 0.5) is 0 Å². The van der Waals surface area contributed by atoms with Gasteiger partial charge in [0, 0.05) is 19.0 Å². The molecular formula is C16H17NO3. The van der Waals surface area contributed by atoms with E-state index < -0.39 is 5.97 Å². The van der Waals surface area contributed by atoms with E-state index in [0.29, 0.717) is 6.54 Å². The van der Waals surface area contributed by atoms with E-state index in [9.17, 15) is 9.90 Å². The molecular weight excluding hydrogens is 254 g/mol. The SMILES string of the molecule is COc1ccc2cc(C3CNCC3C(=O)O)ccc2c1. The summed E-state index contributed by atoms with van der Waals surface area (Å²) in [6.45, 7) is 1.26. The third-order valence-corrected chi connectivity index (χ3v) is 4.03. The molecule has 2 aromatic rings. The van der Waals surface area contributed by atoms with Gasteiger partial charge in [0.25, 0.3) is 0 Å². The summed E-state index contributed by atoms with van der Waals surface area (Å²) in [6.07, 6.45) is 0. The molecule has 2 unspecified atom stereocenters. The van der Waals surface area contributed by atoms with Gasteiger partial charge in [0.2, 0.25) is 0 Å². The molecule has 2 aromatic carbocycles. The van der Waals surface area contributed by atoms with E-state index in [1.54, 1.807) is 7.11 Å². The zero-order chi connectivity index (χ0) is 14.1. The number of nitrogens with one attached hydrogen (secondary N) is 1. The van der Waals surface area contributed by atoms with Crippen LogP contribution < -0.4 is 10.1 Å². The van der Waals surface area contributed by atoms with Gasteiger partial charge in [0.05, 0.1) is 13.0 Å². The second kappa shape index (κ2) is 5.13. The number of methoxy groups -OCH3 is 1. The lowest BCUT2D eigenvalue weighted by molar-refractivity contribution is -0.141. The predicted molar refractivity (Wildman–Crippen MR) is 77.2 cm³/mol. The van der Waals surface area contributed by atoms with Crippen LogP contribution in [0, 0.1) is 5.92 Å². The standard InChI is InChI=1S/C16H17NO3/c1-20-13-5-4-10-6-12(3-2-11(10)7-13)14-8-17-9-15(14)16(18)19/h2-7,14-15,17H,8-9H2,1H3,(H,18,19). The van der Waals surface area contributed by atoms with Crippen LogP contribution in [-0.2, 0) is 4.79 Å². The Bertz CT molecular complexity index is 653. The van der Waals surface area contributed by atoms with Crippen LogP contribution in [0.2, 0.25) is 0 Å². The zero-order valence-electron chi connectivity index (χ0n) is 11.3. The molecule has 0 radical (unpaired) electrons. The Labute approximate surface area is 117 Å². The van der Waals surface area contributed by atoms with Gasteiger partial charge in [-0.1, -0.05) is 24.3 Å². The van der Waals surface area contributed by atoms with Gasteiger partial charge in [-0.25, -0.2) is 0 Å². The summed E-state index contributed by atoms with van der Waals surface area (Å²) < 4.78 is 5.21. The van der Waals surface area contributed by atoms with Crippen molar-refractivity contribution in [3.05, 3.63) is 42.0 Å². The Kier molecular flexibility index (Phi) is 3.32. The van der Waals surface area contributed by atoms with Crippen molar-refractivity contribution in [3.63, 3.8) is 0 Å². The summed E-state index contributed by atoms with van der Waals surface area (Å²) in [5.41, 5.74) is 1.08. The summed E-state index contributed by atoms with van der Waals surface area (Å²) in [5.74, 6) is -0.198. The molecule has 1 aliphatic heterocycles. The fraction of sp³-hybridized carbons (Fsp3) is 0.312. The molecule has 3 rings (SSSR count). The van der Waals surface area contributed by atoms with E-state index in [4.69, 9.17) is 4.74 Å². The monoisotopic (exact) mass is 271 g/mol. The van der Waals surface area contributed by atoms with Crippen LogP contribution in [0.25, 0.3) is 10.8 Å². The van der Waals surface area contributed by atoms with Gasteiger partial charge < -0.3 is 15.2 Å². The van der Waals surface area contributed by atoms with Crippen molar-refractivity contribution in [1.29, 1.82) is 0 Å². The van der Waals surface area contributed by atoms with Gasteiger partial charge >= 0.3 is 5.97 Å². The van der Waals surface area contributed by atoms with Crippen LogP contribution in [0.1, 0.15) is 11.5 Å². The van der Waals surface area contributed by atoms with Crippen LogP contribution in [0.5, 0.6) is 5.75 Å². The summed E-state index contributed by atoms with van der Waals surface area (Å²) in [4.78, 5) is 11.3. The molecule has 0 bridgehead atoms. The van der Waals surface area contributed by atoms with E-state index in [1.165, 1.54) is 0 Å². The summed E-state index contributed by atoms with van der Waals surface area (Å²) in [5, 5.41) is 14.7. The highest BCUT2D eigenvalue weighted by Gasteiger charge is 2.33. The minimum Gasteiger partial charge on any atom is -0.497 e. The van der Waals surface area contributed by atoms with Crippen LogP contribution in [0.15, 0.2) is 36.4 Å². The predicted octanol–water partition coefficient (Wildman–Crippen LogP) is 2.24. The second-order valence-electron chi connectivity index (χ2n) is 5.18. The summed E-state index contributed by atoms with van der Waals surface area (Å²) >= 11 is 0. The number of benzene rings is 2. The molecule has 4 nitrogen and oxygen atoms in total. The third-order valence-electron chi connectivity index (χ3n) is 4.03. The van der Waals surface area contributed by atoms with E-state index in [1.807, 2.05) is 30.3 Å². The van der Waals surface area contributed by atoms with E-state index >= 15 is 0 Å². The van der Waals surface area contributed by atoms with E-state index in [0.717, 1.165) is 28.6 Å². The van der Waals surface area contributed by atoms with Gasteiger partial charge in [-0.05, 0) is 28.5 Å². The van der Waals surface area contributed by atoms with Crippen molar-refractivity contribution in [2.24, 2.45) is 5.92 Å². The van der Waals surface area contributed by atoms with Crippen LogP contribution >= 0.6 is 0 Å². The number of hydrogen-bond donors (Lipinski definition) is 2. The second-order valence-corrected chi connectivity index (χ2v) is 5.18. The molecule has 1 fully saturated rings. The fourth-order valence-electron chi connectivity index (χ4n) is 2.89. The van der Waals surface area contributed by atoms with Gasteiger partial charge in [-0.15, -0.1) is 0 Å². The minimum atomic E-state index is -0.727. The van der Waals surface area contributed by atoms with Gasteiger partial charge in [-0.2, -0.15) is 0 Å². The Morgan fingerprint density at radius 1 is 1.20 bits per heavy atom. The maximum absolute atomic E-state index is 11.3. The van der Waals surface area contributed by atoms with Crippen molar-refractivity contribution < 1.29 is 14.6 Å². The summed E-state index contributed by atoms with van der Waals surface area (Å²) in [6, 6.07) is 12.1. The van der Waals surface area contributed by atoms with Crippen LogP contribution in [0.3, 0.4) is 0 Å². The van der Waals surface area contributed by atoms with Crippen molar-refractivity contribution in [3.8, 4) is 5.75 Å². The van der Waals surface area contributed by atoms with Crippen molar-refractivity contribution >= 4 is 16.7 Å². The molecule has 0 amide bonds. The van der Waals surface area contributed by atoms with Gasteiger partial charge in [0.15, 0.2) is 0 Å². The Morgan fingerprint density at radius 2 is 1.95 bits per heavy atom. The van der Waals surface area contributed by atoms with E-state index in [-0.39, 0.29) is 11.8 Å². The largest absolute Gasteiger partial charge is 0.497 e. The molecule has 0 spiro atoms. The first kappa shape index (κ1) is 12.9. The molecule has 2 N–H and O–H groups in total. The molecule has 4 heteroatoms. The van der Waals surface area contributed by atoms with Gasteiger partial charge in [-0.3, -0.25) is 4.79 Å².